The predicted octanol–water partition coefficient (Wildman–Crippen LogP) is 2.92. The van der Waals surface area contributed by atoms with Crippen LogP contribution in [-0.4, -0.2) is 24.2 Å². The number of aliphatic hydroxyl groups excluding tert-OH is 1. The minimum absolute atomic E-state index is 0.0551. The molecule has 0 heterocycles. The Balaban J connectivity index is 1.83. The second-order valence-electron chi connectivity index (χ2n) is 5.92. The van der Waals surface area contributed by atoms with Crippen molar-refractivity contribution in [1.29, 1.82) is 0 Å². The Labute approximate surface area is 127 Å². The van der Waals surface area contributed by atoms with Crippen LogP contribution in [-0.2, 0) is 4.79 Å². The summed E-state index contributed by atoms with van der Waals surface area (Å²) in [7, 11) is 0. The molecule has 0 radical (unpaired) electrons. The first-order valence-corrected chi connectivity index (χ1v) is 7.83. The average molecular weight is 287 g/mol. The molecule has 3 heteroatoms. The predicted molar refractivity (Wildman–Crippen MR) is 85.8 cm³/mol. The van der Waals surface area contributed by atoms with E-state index in [2.05, 4.69) is 5.32 Å². The lowest BCUT2D eigenvalue weighted by Crippen LogP contribution is -2.34. The summed E-state index contributed by atoms with van der Waals surface area (Å²) in [4.78, 5) is 11.9. The quantitative estimate of drug-likeness (QED) is 0.818. The molecular weight excluding hydrogens is 262 g/mol. The highest BCUT2D eigenvalue weighted by molar-refractivity contribution is 5.91. The van der Waals surface area contributed by atoms with Gasteiger partial charge >= 0.3 is 0 Å². The fourth-order valence-electron chi connectivity index (χ4n) is 3.02. The number of aliphatic hydroxyl groups is 1. The van der Waals surface area contributed by atoms with E-state index >= 15 is 0 Å². The van der Waals surface area contributed by atoms with Gasteiger partial charge in [-0.25, -0.2) is 0 Å². The van der Waals surface area contributed by atoms with Gasteiger partial charge in [-0.15, -0.1) is 0 Å². The second-order valence-corrected chi connectivity index (χ2v) is 5.92. The Morgan fingerprint density at radius 1 is 1.29 bits per heavy atom. The number of nitrogens with one attached hydrogen (secondary N) is 1. The molecule has 0 saturated heterocycles. The molecule has 2 unspecified atom stereocenters. The molecule has 0 aromatic heterocycles. The van der Waals surface area contributed by atoms with Crippen molar-refractivity contribution >= 4 is 12.0 Å². The van der Waals surface area contributed by atoms with E-state index in [4.69, 9.17) is 0 Å². The van der Waals surface area contributed by atoms with E-state index in [1.807, 2.05) is 37.3 Å². The first kappa shape index (κ1) is 15.8. The summed E-state index contributed by atoms with van der Waals surface area (Å²) in [5.41, 5.74) is 2.23. The number of amides is 1. The number of carbonyl (C=O) groups is 1. The van der Waals surface area contributed by atoms with Crippen molar-refractivity contribution in [3.8, 4) is 0 Å². The Hall–Kier alpha value is -1.61. The summed E-state index contributed by atoms with van der Waals surface area (Å²) in [6, 6.07) is 8.00. The molecule has 0 bridgehead atoms. The van der Waals surface area contributed by atoms with Gasteiger partial charge in [-0.05, 0) is 48.8 Å². The molecule has 3 nitrogen and oxygen atoms in total. The van der Waals surface area contributed by atoms with E-state index in [0.29, 0.717) is 18.4 Å². The summed E-state index contributed by atoms with van der Waals surface area (Å²) in [6.45, 7) is 2.94. The molecule has 1 aliphatic carbocycles. The van der Waals surface area contributed by atoms with Gasteiger partial charge < -0.3 is 10.4 Å². The van der Waals surface area contributed by atoms with Crippen LogP contribution < -0.4 is 5.32 Å². The van der Waals surface area contributed by atoms with Crippen molar-refractivity contribution in [2.24, 2.45) is 11.8 Å². The number of hydrogen-bond acceptors (Lipinski definition) is 2. The fraction of sp³-hybridized carbons (Fsp3) is 0.500. The van der Waals surface area contributed by atoms with Gasteiger partial charge in [0.1, 0.15) is 0 Å². The van der Waals surface area contributed by atoms with Gasteiger partial charge in [-0.2, -0.15) is 0 Å². The Morgan fingerprint density at radius 2 is 2.00 bits per heavy atom. The summed E-state index contributed by atoms with van der Waals surface area (Å²) in [6.07, 6.45) is 8.04. The second kappa shape index (κ2) is 7.99. The van der Waals surface area contributed by atoms with E-state index in [-0.39, 0.29) is 12.5 Å². The first-order chi connectivity index (χ1) is 10.2. The fourth-order valence-corrected chi connectivity index (χ4v) is 3.02. The largest absolute Gasteiger partial charge is 0.396 e. The molecular formula is C18H25NO2. The third kappa shape index (κ3) is 4.71. The van der Waals surface area contributed by atoms with Crippen LogP contribution in [0.1, 0.15) is 36.8 Å². The van der Waals surface area contributed by atoms with Gasteiger partial charge in [-0.1, -0.05) is 37.1 Å². The molecule has 0 spiro atoms. The van der Waals surface area contributed by atoms with Crippen LogP contribution in [0.4, 0.5) is 0 Å². The molecule has 1 fully saturated rings. The minimum atomic E-state index is -0.0551. The van der Waals surface area contributed by atoms with E-state index in [1.54, 1.807) is 6.08 Å². The van der Waals surface area contributed by atoms with Gasteiger partial charge in [0.15, 0.2) is 0 Å². The maximum absolute atomic E-state index is 11.9. The van der Waals surface area contributed by atoms with Crippen LogP contribution >= 0.6 is 0 Å². The number of benzene rings is 1. The molecule has 2 atom stereocenters. The van der Waals surface area contributed by atoms with Crippen LogP contribution in [0.2, 0.25) is 0 Å². The highest BCUT2D eigenvalue weighted by Gasteiger charge is 2.24. The van der Waals surface area contributed by atoms with Crippen LogP contribution in [0.5, 0.6) is 0 Å². The van der Waals surface area contributed by atoms with Crippen LogP contribution in [0.15, 0.2) is 30.3 Å². The van der Waals surface area contributed by atoms with Gasteiger partial charge in [0, 0.05) is 19.2 Å². The van der Waals surface area contributed by atoms with E-state index < -0.39 is 0 Å². The van der Waals surface area contributed by atoms with Gasteiger partial charge in [-0.3, -0.25) is 4.79 Å². The zero-order chi connectivity index (χ0) is 15.1. The average Bonchev–Trinajstić information content (AvgIpc) is 2.52. The van der Waals surface area contributed by atoms with E-state index in [9.17, 15) is 9.90 Å². The third-order valence-corrected chi connectivity index (χ3v) is 4.44. The summed E-state index contributed by atoms with van der Waals surface area (Å²) in [5, 5.41) is 12.4. The van der Waals surface area contributed by atoms with Crippen molar-refractivity contribution < 1.29 is 9.90 Å². The number of carbonyl (C=O) groups excluding carboxylic acids is 1. The summed E-state index contributed by atoms with van der Waals surface area (Å²) in [5.74, 6) is 0.708. The molecule has 1 aliphatic rings. The van der Waals surface area contributed by atoms with Crippen molar-refractivity contribution in [2.75, 3.05) is 13.2 Å². The number of rotatable bonds is 5. The van der Waals surface area contributed by atoms with Gasteiger partial charge in [0.2, 0.25) is 5.91 Å². The highest BCUT2D eigenvalue weighted by atomic mass is 16.3. The summed E-state index contributed by atoms with van der Waals surface area (Å²) >= 11 is 0. The molecule has 1 aromatic carbocycles. The number of hydrogen-bond donors (Lipinski definition) is 2. The molecule has 2 rings (SSSR count). The lowest BCUT2D eigenvalue weighted by Gasteiger charge is -2.30. The maximum atomic E-state index is 11.9. The van der Waals surface area contributed by atoms with Crippen LogP contribution in [0.25, 0.3) is 6.08 Å². The molecule has 21 heavy (non-hydrogen) atoms. The standard InChI is InChI=1S/C18H25NO2/c1-14-6-2-3-7-15(14)10-11-18(21)19-12-16-8-4-5-9-17(16)13-20/h2-3,6-7,10-11,16-17,20H,4-5,8-9,12-13H2,1H3,(H,19,21). The first-order valence-electron chi connectivity index (χ1n) is 7.83. The van der Waals surface area contributed by atoms with E-state index in [1.165, 1.54) is 12.8 Å². The van der Waals surface area contributed by atoms with Crippen molar-refractivity contribution in [3.63, 3.8) is 0 Å². The topological polar surface area (TPSA) is 49.3 Å². The van der Waals surface area contributed by atoms with E-state index in [0.717, 1.165) is 24.0 Å². The zero-order valence-corrected chi connectivity index (χ0v) is 12.7. The Bertz CT molecular complexity index is 496. The molecule has 1 saturated carbocycles. The molecule has 2 N–H and O–H groups in total. The maximum Gasteiger partial charge on any atom is 0.244 e. The lowest BCUT2D eigenvalue weighted by atomic mass is 9.79. The van der Waals surface area contributed by atoms with Gasteiger partial charge in [0.05, 0.1) is 0 Å². The SMILES string of the molecule is Cc1ccccc1C=CC(=O)NCC1CCCCC1CO. The van der Waals surface area contributed by atoms with Crippen LogP contribution in [0, 0.1) is 18.8 Å². The zero-order valence-electron chi connectivity index (χ0n) is 12.7. The summed E-state index contributed by atoms with van der Waals surface area (Å²) < 4.78 is 0. The Morgan fingerprint density at radius 3 is 2.71 bits per heavy atom. The molecule has 1 aromatic rings. The van der Waals surface area contributed by atoms with Crippen LogP contribution in [0.3, 0.4) is 0 Å². The monoisotopic (exact) mass is 287 g/mol. The lowest BCUT2D eigenvalue weighted by molar-refractivity contribution is -0.116. The number of aryl methyl sites for hydroxylation is 1. The smallest absolute Gasteiger partial charge is 0.244 e. The van der Waals surface area contributed by atoms with Crippen molar-refractivity contribution in [3.05, 3.63) is 41.5 Å². The highest BCUT2D eigenvalue weighted by Crippen LogP contribution is 2.29. The van der Waals surface area contributed by atoms with Gasteiger partial charge in [0.25, 0.3) is 0 Å². The minimum Gasteiger partial charge on any atom is -0.396 e. The van der Waals surface area contributed by atoms with Crippen molar-refractivity contribution in [1.82, 2.24) is 5.32 Å². The molecule has 1 amide bonds. The Kier molecular flexibility index (Phi) is 6.00. The van der Waals surface area contributed by atoms with Crippen molar-refractivity contribution in [2.45, 2.75) is 32.6 Å². The normalized spacial score (nSPS) is 22.4. The third-order valence-electron chi connectivity index (χ3n) is 4.44. The molecule has 0 aliphatic heterocycles. The molecule has 114 valence electrons.